The van der Waals surface area contributed by atoms with Gasteiger partial charge in [0.25, 0.3) is 0 Å². The van der Waals surface area contributed by atoms with Gasteiger partial charge in [-0.2, -0.15) is 4.68 Å². The predicted octanol–water partition coefficient (Wildman–Crippen LogP) is 3.24. The second-order valence-electron chi connectivity index (χ2n) is 6.81. The first-order chi connectivity index (χ1) is 13.4. The number of pyridine rings is 1. The fourth-order valence-corrected chi connectivity index (χ4v) is 3.01. The highest BCUT2D eigenvalue weighted by molar-refractivity contribution is 6.00. The van der Waals surface area contributed by atoms with Crippen LogP contribution < -0.4 is 11.1 Å². The molecule has 0 radical (unpaired) electrons. The van der Waals surface area contributed by atoms with E-state index in [1.54, 1.807) is 18.5 Å². The van der Waals surface area contributed by atoms with Crippen LogP contribution in [0.2, 0.25) is 0 Å². The van der Waals surface area contributed by atoms with Crippen LogP contribution in [0.1, 0.15) is 25.5 Å². The molecule has 3 heterocycles. The number of nitrogens with two attached hydrogens (primary N) is 1. The molecule has 28 heavy (non-hydrogen) atoms. The summed E-state index contributed by atoms with van der Waals surface area (Å²) in [6, 6.07) is 10.7. The highest BCUT2D eigenvalue weighted by Crippen LogP contribution is 2.23. The van der Waals surface area contributed by atoms with Crippen molar-refractivity contribution in [2.45, 2.75) is 26.8 Å². The number of nitrogens with one attached hydrogen (secondary N) is 1. The molecule has 0 bridgehead atoms. The Morgan fingerprint density at radius 2 is 2.04 bits per heavy atom. The van der Waals surface area contributed by atoms with Crippen molar-refractivity contribution < 1.29 is 4.79 Å². The van der Waals surface area contributed by atoms with E-state index in [2.05, 4.69) is 25.6 Å². The van der Waals surface area contributed by atoms with Crippen LogP contribution in [0.15, 0.2) is 42.7 Å². The average molecular weight is 376 g/mol. The topological polar surface area (TPSA) is 117 Å². The summed E-state index contributed by atoms with van der Waals surface area (Å²) in [6.45, 7) is 6.03. The zero-order valence-corrected chi connectivity index (χ0v) is 15.8. The Morgan fingerprint density at radius 3 is 2.82 bits per heavy atom. The van der Waals surface area contributed by atoms with E-state index in [9.17, 15) is 4.79 Å². The minimum absolute atomic E-state index is 0.187. The van der Waals surface area contributed by atoms with Gasteiger partial charge in [0.05, 0.1) is 5.52 Å². The lowest BCUT2D eigenvalue weighted by Crippen LogP contribution is -2.21. The Balaban J connectivity index is 1.65. The lowest BCUT2D eigenvalue weighted by atomic mass is 10.2. The third-order valence-corrected chi connectivity index (χ3v) is 4.40. The van der Waals surface area contributed by atoms with Gasteiger partial charge in [-0.1, -0.05) is 17.7 Å². The lowest BCUT2D eigenvalue weighted by molar-refractivity contribution is 0.252. The van der Waals surface area contributed by atoms with Crippen LogP contribution in [0, 0.1) is 6.92 Å². The van der Waals surface area contributed by atoms with Crippen LogP contribution in [0.25, 0.3) is 22.4 Å². The number of hydrogen-bond donors (Lipinski definition) is 2. The van der Waals surface area contributed by atoms with E-state index < -0.39 is 6.03 Å². The summed E-state index contributed by atoms with van der Waals surface area (Å²) in [5, 5.41) is 15.8. The molecule has 0 aliphatic carbocycles. The molecule has 142 valence electrons. The van der Waals surface area contributed by atoms with E-state index in [0.29, 0.717) is 28.7 Å². The zero-order chi connectivity index (χ0) is 19.8. The first-order valence-electron chi connectivity index (χ1n) is 8.87. The summed E-state index contributed by atoms with van der Waals surface area (Å²) in [7, 11) is 0. The number of fused-ring (bicyclic) bond motifs is 1. The highest BCUT2D eigenvalue weighted by atomic mass is 16.2. The normalized spacial score (nSPS) is 11.3. The second-order valence-corrected chi connectivity index (χ2v) is 6.81. The van der Waals surface area contributed by atoms with Gasteiger partial charge in [-0.25, -0.2) is 9.78 Å². The van der Waals surface area contributed by atoms with Gasteiger partial charge in [0.15, 0.2) is 11.6 Å². The van der Waals surface area contributed by atoms with Gasteiger partial charge in [0, 0.05) is 11.4 Å². The fraction of sp³-hybridized carbons (Fsp3) is 0.211. The smallest absolute Gasteiger partial charge is 0.348 e. The van der Waals surface area contributed by atoms with Crippen molar-refractivity contribution in [3.8, 4) is 11.5 Å². The zero-order valence-electron chi connectivity index (χ0n) is 15.8. The maximum absolute atomic E-state index is 12.8. The molecule has 4 rings (SSSR count). The monoisotopic (exact) mass is 376 g/mol. The Kier molecular flexibility index (Phi) is 4.26. The van der Waals surface area contributed by atoms with E-state index >= 15 is 0 Å². The van der Waals surface area contributed by atoms with Gasteiger partial charge in [-0.15, -0.1) is 15.3 Å². The van der Waals surface area contributed by atoms with E-state index in [0.717, 1.165) is 10.9 Å². The molecule has 1 amide bonds. The summed E-state index contributed by atoms with van der Waals surface area (Å²) in [6.07, 6.45) is 1.66. The molecular formula is C19H20N8O. The Bertz CT molecular complexity index is 1170. The van der Waals surface area contributed by atoms with Crippen LogP contribution in [-0.2, 0) is 0 Å². The van der Waals surface area contributed by atoms with E-state index in [4.69, 9.17) is 5.73 Å². The molecule has 1 aromatic carbocycles. The molecule has 0 saturated heterocycles. The van der Waals surface area contributed by atoms with Gasteiger partial charge in [-0.05, 0) is 45.0 Å². The molecule has 0 unspecified atom stereocenters. The van der Waals surface area contributed by atoms with Crippen LogP contribution in [0.4, 0.5) is 16.4 Å². The molecule has 3 N–H and O–H groups in total. The van der Waals surface area contributed by atoms with Gasteiger partial charge >= 0.3 is 6.03 Å². The van der Waals surface area contributed by atoms with E-state index in [1.807, 2.05) is 49.6 Å². The Hall–Kier alpha value is -3.75. The molecule has 0 fully saturated rings. The molecule has 0 aliphatic heterocycles. The lowest BCUT2D eigenvalue weighted by Gasteiger charge is -2.10. The largest absolute Gasteiger partial charge is 0.382 e. The average Bonchev–Trinajstić information content (AvgIpc) is 3.27. The third-order valence-electron chi connectivity index (χ3n) is 4.40. The van der Waals surface area contributed by atoms with Crippen molar-refractivity contribution in [2.75, 3.05) is 11.1 Å². The first-order valence-corrected chi connectivity index (χ1v) is 8.87. The number of nitrogens with zero attached hydrogens (tertiary/aromatic N) is 6. The maximum atomic E-state index is 12.8. The van der Waals surface area contributed by atoms with Crippen molar-refractivity contribution >= 4 is 28.6 Å². The molecular weight excluding hydrogens is 356 g/mol. The summed E-state index contributed by atoms with van der Waals surface area (Å²) in [5.74, 6) is 1.33. The van der Waals surface area contributed by atoms with Crippen molar-refractivity contribution in [3.05, 3.63) is 48.3 Å². The fourth-order valence-electron chi connectivity index (χ4n) is 3.01. The highest BCUT2D eigenvalue weighted by Gasteiger charge is 2.16. The SMILES string of the molecule is Cc1ccc2c(c1)c(N)nn2C(=O)Nc1cccc(-c2nncn2C(C)C)n1. The second kappa shape index (κ2) is 6.76. The van der Waals surface area contributed by atoms with Gasteiger partial charge in [0.2, 0.25) is 0 Å². The first kappa shape index (κ1) is 17.7. The summed E-state index contributed by atoms with van der Waals surface area (Å²) in [4.78, 5) is 17.3. The standard InChI is InChI=1S/C19H20N8O/c1-11(2)26-10-21-24-18(26)14-5-4-6-16(22-14)23-19(28)27-15-8-7-12(3)9-13(15)17(20)25-27/h4-11H,1-3H3,(H2,20,25)(H,22,23,28). The molecule has 3 aromatic heterocycles. The minimum Gasteiger partial charge on any atom is -0.382 e. The number of anilines is 2. The maximum Gasteiger partial charge on any atom is 0.348 e. The Labute approximate surface area is 161 Å². The van der Waals surface area contributed by atoms with Gasteiger partial charge in [0.1, 0.15) is 17.8 Å². The van der Waals surface area contributed by atoms with Crippen LogP contribution >= 0.6 is 0 Å². The predicted molar refractivity (Wildman–Crippen MR) is 107 cm³/mol. The molecule has 0 spiro atoms. The number of amides is 1. The van der Waals surface area contributed by atoms with E-state index in [-0.39, 0.29) is 6.04 Å². The number of benzene rings is 1. The summed E-state index contributed by atoms with van der Waals surface area (Å²) < 4.78 is 3.16. The quantitative estimate of drug-likeness (QED) is 0.567. The van der Waals surface area contributed by atoms with Gasteiger partial charge in [-0.3, -0.25) is 5.32 Å². The molecule has 0 aliphatic rings. The molecule has 0 atom stereocenters. The number of carbonyl (C=O) groups excluding carboxylic acids is 1. The number of aryl methyl sites for hydroxylation is 1. The summed E-state index contributed by atoms with van der Waals surface area (Å²) in [5.41, 5.74) is 8.26. The minimum atomic E-state index is -0.444. The number of carbonyl (C=O) groups is 1. The number of rotatable bonds is 3. The molecule has 9 heteroatoms. The number of hydrogen-bond acceptors (Lipinski definition) is 6. The number of aromatic nitrogens is 6. The third kappa shape index (κ3) is 3.07. The van der Waals surface area contributed by atoms with Crippen molar-refractivity contribution in [2.24, 2.45) is 0 Å². The summed E-state index contributed by atoms with van der Waals surface area (Å²) >= 11 is 0. The van der Waals surface area contributed by atoms with Crippen LogP contribution in [-0.4, -0.2) is 35.6 Å². The molecule has 9 nitrogen and oxygen atoms in total. The van der Waals surface area contributed by atoms with Crippen molar-refractivity contribution in [1.29, 1.82) is 0 Å². The van der Waals surface area contributed by atoms with Gasteiger partial charge < -0.3 is 10.3 Å². The van der Waals surface area contributed by atoms with Crippen molar-refractivity contribution in [3.63, 3.8) is 0 Å². The van der Waals surface area contributed by atoms with Crippen molar-refractivity contribution in [1.82, 2.24) is 29.5 Å². The number of nitrogen functional groups attached to an aromatic ring is 1. The molecule has 4 aromatic rings. The van der Waals surface area contributed by atoms with Crippen LogP contribution in [0.3, 0.4) is 0 Å². The van der Waals surface area contributed by atoms with E-state index in [1.165, 1.54) is 4.68 Å². The molecule has 0 saturated carbocycles. The Morgan fingerprint density at radius 1 is 1.21 bits per heavy atom. The van der Waals surface area contributed by atoms with Crippen LogP contribution in [0.5, 0.6) is 0 Å².